The third-order valence-electron chi connectivity index (χ3n) is 0.870. The van der Waals surface area contributed by atoms with Gasteiger partial charge >= 0.3 is 0 Å². The summed E-state index contributed by atoms with van der Waals surface area (Å²) in [5.41, 5.74) is 0. The molecule has 0 aromatic carbocycles. The van der Waals surface area contributed by atoms with Crippen molar-refractivity contribution < 1.29 is 4.74 Å². The third-order valence-corrected chi connectivity index (χ3v) is 0.870. The van der Waals surface area contributed by atoms with Gasteiger partial charge in [0.1, 0.15) is 5.75 Å². The van der Waals surface area contributed by atoms with Gasteiger partial charge in [0.25, 0.3) is 0 Å². The van der Waals surface area contributed by atoms with E-state index in [0.717, 1.165) is 5.75 Å². The SMILES string of the molecule is COc1cccnc1.[B]. The predicted octanol–water partition coefficient (Wildman–Crippen LogP) is 0.709. The Kier molecular flexibility index (Phi) is 3.52. The van der Waals surface area contributed by atoms with Crippen molar-refractivity contribution in [3.8, 4) is 5.75 Å². The van der Waals surface area contributed by atoms with E-state index >= 15 is 0 Å². The molecule has 1 aromatic heterocycles. The molecule has 0 aliphatic rings. The minimum absolute atomic E-state index is 0. The second kappa shape index (κ2) is 3.95. The van der Waals surface area contributed by atoms with Gasteiger partial charge in [-0.05, 0) is 12.1 Å². The van der Waals surface area contributed by atoms with Crippen molar-refractivity contribution in [2.24, 2.45) is 0 Å². The van der Waals surface area contributed by atoms with Gasteiger partial charge in [0.2, 0.25) is 0 Å². The Morgan fingerprint density at radius 3 is 2.67 bits per heavy atom. The van der Waals surface area contributed by atoms with E-state index in [1.807, 2.05) is 12.1 Å². The van der Waals surface area contributed by atoms with E-state index in [9.17, 15) is 0 Å². The maximum atomic E-state index is 4.85. The predicted molar refractivity (Wildman–Crippen MR) is 36.5 cm³/mol. The number of hydrogen-bond donors (Lipinski definition) is 0. The Labute approximate surface area is 56.5 Å². The lowest BCUT2D eigenvalue weighted by molar-refractivity contribution is 0.413. The molecule has 0 fully saturated rings. The van der Waals surface area contributed by atoms with E-state index in [-0.39, 0.29) is 8.41 Å². The van der Waals surface area contributed by atoms with E-state index in [1.54, 1.807) is 19.5 Å². The molecule has 0 amide bonds. The minimum Gasteiger partial charge on any atom is -0.495 e. The molecule has 0 saturated heterocycles. The van der Waals surface area contributed by atoms with Crippen molar-refractivity contribution in [1.82, 2.24) is 4.98 Å². The molecular formula is C6H7BNO. The second-order valence-corrected chi connectivity index (χ2v) is 1.39. The summed E-state index contributed by atoms with van der Waals surface area (Å²) >= 11 is 0. The zero-order valence-electron chi connectivity index (χ0n) is 5.24. The lowest BCUT2D eigenvalue weighted by Crippen LogP contribution is -1.80. The third kappa shape index (κ3) is 2.17. The molecule has 0 atom stereocenters. The lowest BCUT2D eigenvalue weighted by Gasteiger charge is -1.93. The minimum atomic E-state index is 0. The van der Waals surface area contributed by atoms with Crippen molar-refractivity contribution in [3.05, 3.63) is 24.5 Å². The van der Waals surface area contributed by atoms with Crippen LogP contribution >= 0.6 is 0 Å². The number of aromatic nitrogens is 1. The number of pyridine rings is 1. The van der Waals surface area contributed by atoms with Gasteiger partial charge in [0.15, 0.2) is 0 Å². The Hall–Kier alpha value is -0.985. The van der Waals surface area contributed by atoms with E-state index in [0.29, 0.717) is 0 Å². The molecule has 3 radical (unpaired) electrons. The van der Waals surface area contributed by atoms with Crippen molar-refractivity contribution in [2.75, 3.05) is 7.11 Å². The first kappa shape index (κ1) is 8.01. The largest absolute Gasteiger partial charge is 0.495 e. The van der Waals surface area contributed by atoms with Crippen molar-refractivity contribution in [3.63, 3.8) is 0 Å². The molecule has 0 N–H and O–H groups in total. The molecule has 0 bridgehead atoms. The first-order chi connectivity index (χ1) is 3.93. The number of ether oxygens (including phenoxy) is 1. The van der Waals surface area contributed by atoms with Gasteiger partial charge in [-0.3, -0.25) is 4.98 Å². The van der Waals surface area contributed by atoms with Gasteiger partial charge in [-0.15, -0.1) is 0 Å². The number of rotatable bonds is 1. The van der Waals surface area contributed by atoms with Crippen LogP contribution in [0.1, 0.15) is 0 Å². The van der Waals surface area contributed by atoms with Crippen molar-refractivity contribution in [2.45, 2.75) is 0 Å². The summed E-state index contributed by atoms with van der Waals surface area (Å²) in [5.74, 6) is 0.799. The van der Waals surface area contributed by atoms with Gasteiger partial charge in [-0.25, -0.2) is 0 Å². The van der Waals surface area contributed by atoms with Crippen LogP contribution in [0.2, 0.25) is 0 Å². The molecule has 1 rings (SSSR count). The van der Waals surface area contributed by atoms with Crippen LogP contribution < -0.4 is 4.74 Å². The fraction of sp³-hybridized carbons (Fsp3) is 0.167. The molecule has 3 heteroatoms. The van der Waals surface area contributed by atoms with Gasteiger partial charge < -0.3 is 4.74 Å². The van der Waals surface area contributed by atoms with Crippen LogP contribution in [0.25, 0.3) is 0 Å². The average Bonchev–Trinajstić information content (AvgIpc) is 1.90. The van der Waals surface area contributed by atoms with E-state index in [4.69, 9.17) is 4.74 Å². The molecule has 0 unspecified atom stereocenters. The van der Waals surface area contributed by atoms with Crippen LogP contribution in [-0.4, -0.2) is 20.5 Å². The van der Waals surface area contributed by atoms with Crippen LogP contribution in [0.3, 0.4) is 0 Å². The van der Waals surface area contributed by atoms with Crippen LogP contribution in [0, 0.1) is 0 Å². The van der Waals surface area contributed by atoms with Gasteiger partial charge in [0.05, 0.1) is 13.3 Å². The fourth-order valence-electron chi connectivity index (χ4n) is 0.468. The maximum absolute atomic E-state index is 4.85. The Bertz CT molecular complexity index is 154. The molecule has 0 spiro atoms. The summed E-state index contributed by atoms with van der Waals surface area (Å²) in [7, 11) is 1.62. The van der Waals surface area contributed by atoms with Crippen LogP contribution in [-0.2, 0) is 0 Å². The Morgan fingerprint density at radius 2 is 2.33 bits per heavy atom. The highest BCUT2D eigenvalue weighted by molar-refractivity contribution is 5.75. The molecule has 0 aliphatic carbocycles. The van der Waals surface area contributed by atoms with Crippen LogP contribution in [0.15, 0.2) is 24.5 Å². The van der Waals surface area contributed by atoms with Gasteiger partial charge in [-0.1, -0.05) is 0 Å². The second-order valence-electron chi connectivity index (χ2n) is 1.39. The first-order valence-electron chi connectivity index (χ1n) is 2.37. The number of methoxy groups -OCH3 is 1. The summed E-state index contributed by atoms with van der Waals surface area (Å²) in [4.78, 5) is 3.83. The average molecular weight is 120 g/mol. The molecule has 1 aromatic rings. The summed E-state index contributed by atoms with van der Waals surface area (Å²) in [6.07, 6.45) is 3.38. The highest BCUT2D eigenvalue weighted by Gasteiger charge is 1.81. The number of nitrogens with zero attached hydrogens (tertiary/aromatic N) is 1. The fourth-order valence-corrected chi connectivity index (χ4v) is 0.468. The molecule has 1 heterocycles. The molecule has 0 saturated carbocycles. The van der Waals surface area contributed by atoms with Gasteiger partial charge in [-0.2, -0.15) is 0 Å². The summed E-state index contributed by atoms with van der Waals surface area (Å²) in [5, 5.41) is 0. The molecular weight excluding hydrogens is 113 g/mol. The summed E-state index contributed by atoms with van der Waals surface area (Å²) in [6, 6.07) is 3.69. The highest BCUT2D eigenvalue weighted by atomic mass is 16.5. The van der Waals surface area contributed by atoms with E-state index in [1.165, 1.54) is 0 Å². The maximum Gasteiger partial charge on any atom is 0.137 e. The molecule has 0 aliphatic heterocycles. The smallest absolute Gasteiger partial charge is 0.137 e. The van der Waals surface area contributed by atoms with Crippen molar-refractivity contribution in [1.29, 1.82) is 0 Å². The highest BCUT2D eigenvalue weighted by Crippen LogP contribution is 2.02. The molecule has 2 nitrogen and oxygen atoms in total. The molecule has 45 valence electrons. The quantitative estimate of drug-likeness (QED) is 0.509. The Morgan fingerprint density at radius 1 is 1.56 bits per heavy atom. The topological polar surface area (TPSA) is 22.1 Å². The lowest BCUT2D eigenvalue weighted by atomic mass is 10.5. The summed E-state index contributed by atoms with van der Waals surface area (Å²) < 4.78 is 4.85. The van der Waals surface area contributed by atoms with Gasteiger partial charge in [0, 0.05) is 14.6 Å². The van der Waals surface area contributed by atoms with Crippen LogP contribution in [0.4, 0.5) is 0 Å². The molecule has 9 heavy (non-hydrogen) atoms. The van der Waals surface area contributed by atoms with Crippen molar-refractivity contribution >= 4 is 8.41 Å². The normalized spacial score (nSPS) is 7.67. The van der Waals surface area contributed by atoms with E-state index < -0.39 is 0 Å². The zero-order chi connectivity index (χ0) is 5.82. The van der Waals surface area contributed by atoms with Crippen LogP contribution in [0.5, 0.6) is 5.75 Å². The Balaban J connectivity index is 0.000000640. The standard InChI is InChI=1S/C6H7NO.B/c1-8-6-3-2-4-7-5-6;/h2-5H,1H3;. The monoisotopic (exact) mass is 120 g/mol. The summed E-state index contributed by atoms with van der Waals surface area (Å²) in [6.45, 7) is 0. The zero-order valence-corrected chi connectivity index (χ0v) is 5.24. The first-order valence-corrected chi connectivity index (χ1v) is 2.37. The van der Waals surface area contributed by atoms with E-state index in [2.05, 4.69) is 4.98 Å². The number of hydrogen-bond acceptors (Lipinski definition) is 2.